The van der Waals surface area contributed by atoms with E-state index in [9.17, 15) is 4.79 Å². The molecule has 2 rings (SSSR count). The van der Waals surface area contributed by atoms with Gasteiger partial charge in [0.25, 0.3) is 0 Å². The number of hydrogen-bond donors (Lipinski definition) is 0. The Morgan fingerprint density at radius 3 is 2.78 bits per heavy atom. The lowest BCUT2D eigenvalue weighted by Gasteiger charge is -2.12. The summed E-state index contributed by atoms with van der Waals surface area (Å²) in [4.78, 5) is 11.4. The molecule has 2 aromatic rings. The van der Waals surface area contributed by atoms with Crippen LogP contribution in [0, 0.1) is 0 Å². The molecule has 0 aromatic heterocycles. The van der Waals surface area contributed by atoms with Gasteiger partial charge in [-0.25, -0.2) is 0 Å². The molecule has 0 aliphatic carbocycles. The molecule has 0 radical (unpaired) electrons. The highest BCUT2D eigenvalue weighted by Crippen LogP contribution is 2.30. The van der Waals surface area contributed by atoms with Gasteiger partial charge < -0.3 is 4.74 Å². The minimum atomic E-state index is -0.455. The number of halogens is 1. The molecule has 0 amide bonds. The van der Waals surface area contributed by atoms with Gasteiger partial charge in [0.05, 0.1) is 0 Å². The maximum absolute atomic E-state index is 11.8. The molecule has 0 saturated heterocycles. The van der Waals surface area contributed by atoms with E-state index >= 15 is 0 Å². The van der Waals surface area contributed by atoms with Gasteiger partial charge in [0, 0.05) is 0 Å². The number of alkyl halides is 1. The SMILES string of the molecule is C=CCOC(=O)[C@@H](Br)c1cccc2ccccc12. The Morgan fingerprint density at radius 1 is 1.28 bits per heavy atom. The molecule has 0 aliphatic heterocycles. The van der Waals surface area contributed by atoms with Crippen molar-refractivity contribution in [2.75, 3.05) is 6.61 Å². The third-order valence-electron chi connectivity index (χ3n) is 2.65. The van der Waals surface area contributed by atoms with Gasteiger partial charge >= 0.3 is 5.97 Å². The molecule has 0 saturated carbocycles. The number of hydrogen-bond acceptors (Lipinski definition) is 2. The van der Waals surface area contributed by atoms with Gasteiger partial charge in [-0.2, -0.15) is 0 Å². The zero-order chi connectivity index (χ0) is 13.0. The van der Waals surface area contributed by atoms with E-state index in [1.54, 1.807) is 6.08 Å². The fourth-order valence-electron chi connectivity index (χ4n) is 1.81. The van der Waals surface area contributed by atoms with Gasteiger partial charge in [-0.15, -0.1) is 0 Å². The second kappa shape index (κ2) is 5.83. The van der Waals surface area contributed by atoms with E-state index in [0.717, 1.165) is 16.3 Å². The van der Waals surface area contributed by atoms with Crippen molar-refractivity contribution < 1.29 is 9.53 Å². The summed E-state index contributed by atoms with van der Waals surface area (Å²) < 4.78 is 5.05. The van der Waals surface area contributed by atoms with Gasteiger partial charge in [0.15, 0.2) is 0 Å². The number of rotatable bonds is 4. The molecule has 0 spiro atoms. The topological polar surface area (TPSA) is 26.3 Å². The molecule has 0 unspecified atom stereocenters. The summed E-state index contributed by atoms with van der Waals surface area (Å²) in [7, 11) is 0. The summed E-state index contributed by atoms with van der Waals surface area (Å²) in [6.45, 7) is 3.75. The highest BCUT2D eigenvalue weighted by molar-refractivity contribution is 9.09. The monoisotopic (exact) mass is 304 g/mol. The first-order valence-corrected chi connectivity index (χ1v) is 6.55. The number of fused-ring (bicyclic) bond motifs is 1. The second-order valence-corrected chi connectivity index (χ2v) is 4.77. The zero-order valence-electron chi connectivity index (χ0n) is 9.80. The maximum atomic E-state index is 11.8. The molecule has 0 fully saturated rings. The molecule has 2 aromatic carbocycles. The molecule has 3 heteroatoms. The number of carbonyl (C=O) groups is 1. The van der Waals surface area contributed by atoms with Crippen molar-refractivity contribution >= 4 is 32.7 Å². The molecular formula is C15H13BrO2. The Hall–Kier alpha value is -1.61. The highest BCUT2D eigenvalue weighted by atomic mass is 79.9. The van der Waals surface area contributed by atoms with Gasteiger partial charge in [-0.1, -0.05) is 71.0 Å². The summed E-state index contributed by atoms with van der Waals surface area (Å²) in [5.74, 6) is -0.300. The lowest BCUT2D eigenvalue weighted by atomic mass is 10.0. The first-order chi connectivity index (χ1) is 8.74. The summed E-state index contributed by atoms with van der Waals surface area (Å²) in [5.41, 5.74) is 0.919. The van der Waals surface area contributed by atoms with Crippen LogP contribution < -0.4 is 0 Å². The normalized spacial score (nSPS) is 12.1. The average Bonchev–Trinajstić information content (AvgIpc) is 2.43. The van der Waals surface area contributed by atoms with Crippen LogP contribution in [0.3, 0.4) is 0 Å². The van der Waals surface area contributed by atoms with E-state index in [1.807, 2.05) is 42.5 Å². The van der Waals surface area contributed by atoms with Crippen molar-refractivity contribution in [2.45, 2.75) is 4.83 Å². The zero-order valence-corrected chi connectivity index (χ0v) is 11.4. The Kier molecular flexibility index (Phi) is 4.15. The predicted octanol–water partition coefficient (Wildman–Crippen LogP) is 4.01. The van der Waals surface area contributed by atoms with Crippen LogP contribution in [0.5, 0.6) is 0 Å². The van der Waals surface area contributed by atoms with E-state index in [0.29, 0.717) is 0 Å². The summed E-state index contributed by atoms with van der Waals surface area (Å²) in [6, 6.07) is 13.8. The molecule has 0 N–H and O–H groups in total. The van der Waals surface area contributed by atoms with Crippen molar-refractivity contribution in [3.63, 3.8) is 0 Å². The van der Waals surface area contributed by atoms with Crippen molar-refractivity contribution in [1.29, 1.82) is 0 Å². The minimum absolute atomic E-state index is 0.228. The lowest BCUT2D eigenvalue weighted by Crippen LogP contribution is -2.11. The smallest absolute Gasteiger partial charge is 0.324 e. The van der Waals surface area contributed by atoms with Crippen LogP contribution in [0.15, 0.2) is 55.1 Å². The summed E-state index contributed by atoms with van der Waals surface area (Å²) >= 11 is 3.39. The average molecular weight is 305 g/mol. The first kappa shape index (κ1) is 12.8. The standard InChI is InChI=1S/C15H13BrO2/c1-2-10-18-15(17)14(16)13-9-5-7-11-6-3-4-8-12(11)13/h2-9,14H,1,10H2/t14-/m0/s1. The minimum Gasteiger partial charge on any atom is -0.460 e. The Balaban J connectivity index is 2.35. The van der Waals surface area contributed by atoms with Crippen molar-refractivity contribution in [3.8, 4) is 0 Å². The van der Waals surface area contributed by atoms with E-state index < -0.39 is 4.83 Å². The Morgan fingerprint density at radius 2 is 2.00 bits per heavy atom. The summed E-state index contributed by atoms with van der Waals surface area (Å²) in [5, 5.41) is 2.16. The van der Waals surface area contributed by atoms with Gasteiger partial charge in [-0.3, -0.25) is 4.79 Å². The third kappa shape index (κ3) is 2.62. The molecule has 0 bridgehead atoms. The fraction of sp³-hybridized carbons (Fsp3) is 0.133. The summed E-state index contributed by atoms with van der Waals surface area (Å²) in [6.07, 6.45) is 1.56. The van der Waals surface area contributed by atoms with E-state index in [1.165, 1.54) is 0 Å². The highest BCUT2D eigenvalue weighted by Gasteiger charge is 2.20. The van der Waals surface area contributed by atoms with Crippen molar-refractivity contribution in [1.82, 2.24) is 0 Å². The van der Waals surface area contributed by atoms with Gasteiger partial charge in [0.1, 0.15) is 11.4 Å². The molecule has 1 atom stereocenters. The van der Waals surface area contributed by atoms with Crippen LogP contribution in [0.1, 0.15) is 10.4 Å². The lowest BCUT2D eigenvalue weighted by molar-refractivity contribution is -0.141. The Bertz CT molecular complexity index is 572. The molecule has 0 heterocycles. The second-order valence-electron chi connectivity index (χ2n) is 3.85. The fourth-order valence-corrected chi connectivity index (χ4v) is 2.34. The first-order valence-electron chi connectivity index (χ1n) is 5.63. The van der Waals surface area contributed by atoms with Crippen LogP contribution in [0.25, 0.3) is 10.8 Å². The predicted molar refractivity (Wildman–Crippen MR) is 76.8 cm³/mol. The maximum Gasteiger partial charge on any atom is 0.324 e. The number of ether oxygens (including phenoxy) is 1. The Labute approximate surface area is 114 Å². The third-order valence-corrected chi connectivity index (χ3v) is 3.51. The number of benzene rings is 2. The van der Waals surface area contributed by atoms with Crippen LogP contribution in [-0.4, -0.2) is 12.6 Å². The molecule has 18 heavy (non-hydrogen) atoms. The van der Waals surface area contributed by atoms with E-state index in [4.69, 9.17) is 4.74 Å². The number of esters is 1. The van der Waals surface area contributed by atoms with Crippen LogP contribution in [0.4, 0.5) is 0 Å². The van der Waals surface area contributed by atoms with Gasteiger partial charge in [-0.05, 0) is 16.3 Å². The van der Waals surface area contributed by atoms with Crippen LogP contribution in [-0.2, 0) is 9.53 Å². The quantitative estimate of drug-likeness (QED) is 0.485. The molecular weight excluding hydrogens is 292 g/mol. The number of carbonyl (C=O) groups excluding carboxylic acids is 1. The van der Waals surface area contributed by atoms with E-state index in [2.05, 4.69) is 22.5 Å². The van der Waals surface area contributed by atoms with Crippen LogP contribution >= 0.6 is 15.9 Å². The largest absolute Gasteiger partial charge is 0.460 e. The molecule has 2 nitrogen and oxygen atoms in total. The van der Waals surface area contributed by atoms with Crippen molar-refractivity contribution in [3.05, 3.63) is 60.7 Å². The van der Waals surface area contributed by atoms with Gasteiger partial charge in [0.2, 0.25) is 0 Å². The van der Waals surface area contributed by atoms with Crippen molar-refractivity contribution in [2.24, 2.45) is 0 Å². The molecule has 92 valence electrons. The van der Waals surface area contributed by atoms with E-state index in [-0.39, 0.29) is 12.6 Å². The van der Waals surface area contributed by atoms with Crippen LogP contribution in [0.2, 0.25) is 0 Å². The molecule has 0 aliphatic rings.